The Morgan fingerprint density at radius 1 is 1.10 bits per heavy atom. The molecular formula is C26H35N3O2. The molecule has 0 aliphatic carbocycles. The molecule has 2 aliphatic heterocycles. The van der Waals surface area contributed by atoms with Crippen LogP contribution in [0.2, 0.25) is 0 Å². The van der Waals surface area contributed by atoms with Gasteiger partial charge < -0.3 is 9.64 Å². The highest BCUT2D eigenvalue weighted by atomic mass is 16.5. The van der Waals surface area contributed by atoms with Crippen LogP contribution in [0.4, 0.5) is 0 Å². The van der Waals surface area contributed by atoms with Crippen molar-refractivity contribution in [2.75, 3.05) is 32.8 Å². The molecule has 1 aromatic carbocycles. The summed E-state index contributed by atoms with van der Waals surface area (Å²) in [4.78, 5) is 21.9. The van der Waals surface area contributed by atoms with Crippen molar-refractivity contribution >= 4 is 5.91 Å². The Labute approximate surface area is 186 Å². The van der Waals surface area contributed by atoms with Crippen LogP contribution in [0.5, 0.6) is 0 Å². The van der Waals surface area contributed by atoms with E-state index in [-0.39, 0.29) is 12.0 Å². The second-order valence-electron chi connectivity index (χ2n) is 9.11. The van der Waals surface area contributed by atoms with E-state index in [1.54, 1.807) is 12.4 Å². The number of aryl methyl sites for hydroxylation is 1. The minimum atomic E-state index is 0.197. The highest BCUT2D eigenvalue weighted by Crippen LogP contribution is 2.23. The van der Waals surface area contributed by atoms with Gasteiger partial charge in [0.2, 0.25) is 5.91 Å². The molecule has 2 fully saturated rings. The highest BCUT2D eigenvalue weighted by molar-refractivity contribution is 5.78. The van der Waals surface area contributed by atoms with Crippen LogP contribution < -0.4 is 0 Å². The van der Waals surface area contributed by atoms with Gasteiger partial charge in [-0.2, -0.15) is 0 Å². The average molecular weight is 422 g/mol. The number of ether oxygens (including phenoxy) is 1. The lowest BCUT2D eigenvalue weighted by molar-refractivity contribution is -0.133. The average Bonchev–Trinajstić information content (AvgIpc) is 3.30. The van der Waals surface area contributed by atoms with Gasteiger partial charge in [-0.15, -0.1) is 0 Å². The van der Waals surface area contributed by atoms with Gasteiger partial charge >= 0.3 is 0 Å². The van der Waals surface area contributed by atoms with Gasteiger partial charge in [0.25, 0.3) is 0 Å². The highest BCUT2D eigenvalue weighted by Gasteiger charge is 2.27. The van der Waals surface area contributed by atoms with Gasteiger partial charge in [-0.1, -0.05) is 24.3 Å². The lowest BCUT2D eigenvalue weighted by Gasteiger charge is -2.36. The van der Waals surface area contributed by atoms with Gasteiger partial charge in [-0.3, -0.25) is 14.7 Å². The molecule has 0 bridgehead atoms. The standard InChI is InChI=1S/C26H35N3O2/c1-21-5-2-3-6-24(21)19-28-14-10-23(11-15-28)18-29(20-25-7-4-16-31-25)26(30)17-22-8-12-27-13-9-22/h2-3,5-6,8-9,12-13,23,25H,4,7,10-11,14-20H2,1H3/t25-/m0/s1. The molecule has 166 valence electrons. The third kappa shape index (κ3) is 6.37. The first-order valence-corrected chi connectivity index (χ1v) is 11.7. The first-order chi connectivity index (χ1) is 15.2. The van der Waals surface area contributed by atoms with Crippen LogP contribution in [-0.2, 0) is 22.5 Å². The quantitative estimate of drug-likeness (QED) is 0.649. The SMILES string of the molecule is Cc1ccccc1CN1CCC(CN(C[C@@H]2CCCO2)C(=O)Cc2ccncc2)CC1. The molecule has 5 nitrogen and oxygen atoms in total. The Morgan fingerprint density at radius 2 is 1.87 bits per heavy atom. The fourth-order valence-electron chi connectivity index (χ4n) is 4.77. The summed E-state index contributed by atoms with van der Waals surface area (Å²) in [6.45, 7) is 7.83. The first kappa shape index (κ1) is 22.0. The summed E-state index contributed by atoms with van der Waals surface area (Å²) in [7, 11) is 0. The zero-order valence-corrected chi connectivity index (χ0v) is 18.7. The normalized spacial score (nSPS) is 20.1. The number of aromatic nitrogens is 1. The second-order valence-corrected chi connectivity index (χ2v) is 9.11. The largest absolute Gasteiger partial charge is 0.376 e. The number of hydrogen-bond acceptors (Lipinski definition) is 4. The van der Waals surface area contributed by atoms with Crippen molar-refractivity contribution in [1.29, 1.82) is 0 Å². The van der Waals surface area contributed by atoms with Crippen LogP contribution in [0, 0.1) is 12.8 Å². The Balaban J connectivity index is 1.32. The molecule has 3 heterocycles. The molecule has 1 aromatic heterocycles. The smallest absolute Gasteiger partial charge is 0.227 e. The van der Waals surface area contributed by atoms with Crippen LogP contribution in [0.1, 0.15) is 42.4 Å². The van der Waals surface area contributed by atoms with Gasteiger partial charge in [0.05, 0.1) is 12.5 Å². The number of pyridine rings is 1. The van der Waals surface area contributed by atoms with Gasteiger partial charge in [-0.05, 0) is 80.4 Å². The molecular weight excluding hydrogens is 386 g/mol. The van der Waals surface area contributed by atoms with E-state index in [1.807, 2.05) is 12.1 Å². The van der Waals surface area contributed by atoms with Crippen LogP contribution in [0.15, 0.2) is 48.8 Å². The number of piperidine rings is 1. The first-order valence-electron chi connectivity index (χ1n) is 11.7. The fourth-order valence-corrected chi connectivity index (χ4v) is 4.77. The third-order valence-corrected chi connectivity index (χ3v) is 6.75. The van der Waals surface area contributed by atoms with Crippen molar-refractivity contribution in [1.82, 2.24) is 14.8 Å². The van der Waals surface area contributed by atoms with Crippen LogP contribution in [-0.4, -0.2) is 59.6 Å². The molecule has 0 N–H and O–H groups in total. The Bertz CT molecular complexity index is 828. The van der Waals surface area contributed by atoms with Crippen molar-refractivity contribution in [3.8, 4) is 0 Å². The molecule has 31 heavy (non-hydrogen) atoms. The Hall–Kier alpha value is -2.24. The molecule has 5 heteroatoms. The summed E-state index contributed by atoms with van der Waals surface area (Å²) in [6, 6.07) is 12.5. The number of carbonyl (C=O) groups is 1. The predicted octanol–water partition coefficient (Wildman–Crippen LogP) is 3.85. The number of nitrogens with zero attached hydrogens (tertiary/aromatic N) is 3. The van der Waals surface area contributed by atoms with Crippen molar-refractivity contribution in [2.45, 2.75) is 51.7 Å². The molecule has 2 saturated heterocycles. The van der Waals surface area contributed by atoms with Crippen LogP contribution in [0.25, 0.3) is 0 Å². The van der Waals surface area contributed by atoms with Gasteiger partial charge in [0.1, 0.15) is 0 Å². The molecule has 2 aromatic rings. The van der Waals surface area contributed by atoms with Crippen molar-refractivity contribution in [3.05, 3.63) is 65.5 Å². The Morgan fingerprint density at radius 3 is 2.58 bits per heavy atom. The van der Waals surface area contributed by atoms with Gasteiger partial charge in [0, 0.05) is 38.6 Å². The second kappa shape index (κ2) is 10.9. The van der Waals surface area contributed by atoms with E-state index in [0.717, 1.165) is 70.6 Å². The summed E-state index contributed by atoms with van der Waals surface area (Å²) in [5, 5.41) is 0. The van der Waals surface area contributed by atoms with E-state index in [0.29, 0.717) is 12.3 Å². The van der Waals surface area contributed by atoms with Gasteiger partial charge in [-0.25, -0.2) is 0 Å². The van der Waals surface area contributed by atoms with E-state index >= 15 is 0 Å². The predicted molar refractivity (Wildman–Crippen MR) is 123 cm³/mol. The zero-order valence-electron chi connectivity index (χ0n) is 18.7. The number of benzene rings is 1. The third-order valence-electron chi connectivity index (χ3n) is 6.75. The monoisotopic (exact) mass is 421 g/mol. The number of amides is 1. The summed E-state index contributed by atoms with van der Waals surface area (Å²) in [6.07, 6.45) is 8.63. The Kier molecular flexibility index (Phi) is 7.71. The minimum absolute atomic E-state index is 0.197. The molecule has 2 aliphatic rings. The summed E-state index contributed by atoms with van der Waals surface area (Å²) in [5.41, 5.74) is 3.83. The molecule has 1 atom stereocenters. The number of hydrogen-bond donors (Lipinski definition) is 0. The summed E-state index contributed by atoms with van der Waals surface area (Å²) in [5.74, 6) is 0.778. The van der Waals surface area contributed by atoms with Crippen LogP contribution >= 0.6 is 0 Å². The summed E-state index contributed by atoms with van der Waals surface area (Å²) >= 11 is 0. The molecule has 1 amide bonds. The molecule has 4 rings (SSSR count). The summed E-state index contributed by atoms with van der Waals surface area (Å²) < 4.78 is 5.86. The van der Waals surface area contributed by atoms with E-state index in [9.17, 15) is 4.79 Å². The maximum atomic E-state index is 13.2. The topological polar surface area (TPSA) is 45.7 Å². The van der Waals surface area contributed by atoms with E-state index in [4.69, 9.17) is 4.74 Å². The lowest BCUT2D eigenvalue weighted by Crippen LogP contribution is -2.44. The maximum Gasteiger partial charge on any atom is 0.227 e. The van der Waals surface area contributed by atoms with Crippen molar-refractivity contribution in [3.63, 3.8) is 0 Å². The molecule has 0 unspecified atom stereocenters. The molecule has 0 saturated carbocycles. The molecule has 0 spiro atoms. The van der Waals surface area contributed by atoms with Crippen LogP contribution in [0.3, 0.4) is 0 Å². The number of likely N-dealkylation sites (tertiary alicyclic amines) is 1. The maximum absolute atomic E-state index is 13.2. The van der Waals surface area contributed by atoms with Crippen molar-refractivity contribution < 1.29 is 9.53 Å². The molecule has 0 radical (unpaired) electrons. The lowest BCUT2D eigenvalue weighted by atomic mass is 9.95. The number of rotatable bonds is 8. The van der Waals surface area contributed by atoms with E-state index < -0.39 is 0 Å². The van der Waals surface area contributed by atoms with Crippen molar-refractivity contribution in [2.24, 2.45) is 5.92 Å². The zero-order chi connectivity index (χ0) is 21.5. The minimum Gasteiger partial charge on any atom is -0.376 e. The number of carbonyl (C=O) groups excluding carboxylic acids is 1. The van der Waals surface area contributed by atoms with Gasteiger partial charge in [0.15, 0.2) is 0 Å². The fraction of sp³-hybridized carbons (Fsp3) is 0.538. The van der Waals surface area contributed by atoms with E-state index in [1.165, 1.54) is 11.1 Å². The van der Waals surface area contributed by atoms with E-state index in [2.05, 4.69) is 46.0 Å².